The average molecular weight is 525 g/mol. The molecule has 0 saturated carbocycles. The smallest absolute Gasteiger partial charge is 0.266 e. The van der Waals surface area contributed by atoms with Crippen LogP contribution in [0.1, 0.15) is 11.3 Å². The predicted molar refractivity (Wildman–Crippen MR) is 125 cm³/mol. The Morgan fingerprint density at radius 3 is 2.37 bits per heavy atom. The number of fused-ring (bicyclic) bond motifs is 1. The fourth-order valence-corrected chi connectivity index (χ4v) is 4.84. The number of sulfonamides is 1. The van der Waals surface area contributed by atoms with E-state index in [1.807, 2.05) is 0 Å². The number of methoxy groups -OCH3 is 2. The van der Waals surface area contributed by atoms with Gasteiger partial charge in [-0.25, -0.2) is 21.9 Å². The molecule has 4 aromatic rings. The van der Waals surface area contributed by atoms with Crippen molar-refractivity contribution >= 4 is 38.5 Å². The van der Waals surface area contributed by atoms with Crippen LogP contribution < -0.4 is 14.2 Å². The second-order valence-electron chi connectivity index (χ2n) is 7.29. The van der Waals surface area contributed by atoms with E-state index in [4.69, 9.17) is 21.1 Å². The highest BCUT2D eigenvalue weighted by molar-refractivity contribution is 7.93. The van der Waals surface area contributed by atoms with Crippen LogP contribution in [-0.4, -0.2) is 54.0 Å². The minimum atomic E-state index is -4.25. The standard InChI is InChI=1S/C21H19ClF2N6O4S/c1-10-7-26-14(8-25-10)17-13(22)5-4-11-15(9-27-18(11)17)35(31,32)30-21-28-19(33-2)12(6-16(23)24)20(29-21)34-3/h4-5,7-9,16,27H,6H2,1-3H3,(H,28,29,30). The van der Waals surface area contributed by atoms with E-state index >= 15 is 0 Å². The first-order chi connectivity index (χ1) is 16.6. The van der Waals surface area contributed by atoms with E-state index in [1.54, 1.807) is 25.3 Å². The van der Waals surface area contributed by atoms with Crippen molar-refractivity contribution in [3.63, 3.8) is 0 Å². The van der Waals surface area contributed by atoms with Gasteiger partial charge in [-0.15, -0.1) is 0 Å². The van der Waals surface area contributed by atoms with E-state index in [0.717, 1.165) is 0 Å². The first kappa shape index (κ1) is 24.5. The first-order valence-corrected chi connectivity index (χ1v) is 11.9. The lowest BCUT2D eigenvalue weighted by atomic mass is 10.1. The van der Waals surface area contributed by atoms with Crippen molar-refractivity contribution in [3.8, 4) is 23.0 Å². The van der Waals surface area contributed by atoms with E-state index in [0.29, 0.717) is 32.9 Å². The number of H-pyrrole nitrogens is 1. The van der Waals surface area contributed by atoms with Gasteiger partial charge in [0.15, 0.2) is 0 Å². The Morgan fingerprint density at radius 1 is 1.11 bits per heavy atom. The van der Waals surface area contributed by atoms with E-state index in [1.165, 1.54) is 26.6 Å². The van der Waals surface area contributed by atoms with Gasteiger partial charge in [-0.05, 0) is 19.1 Å². The minimum Gasteiger partial charge on any atom is -0.481 e. The molecule has 0 aliphatic carbocycles. The summed E-state index contributed by atoms with van der Waals surface area (Å²) in [6.45, 7) is 1.79. The summed E-state index contributed by atoms with van der Waals surface area (Å²) in [6, 6.07) is 3.09. The van der Waals surface area contributed by atoms with Crippen molar-refractivity contribution in [1.82, 2.24) is 24.9 Å². The molecule has 0 aliphatic heterocycles. The number of rotatable bonds is 8. The van der Waals surface area contributed by atoms with Gasteiger partial charge in [0.2, 0.25) is 24.1 Å². The third-order valence-corrected chi connectivity index (χ3v) is 6.68. The summed E-state index contributed by atoms with van der Waals surface area (Å²) in [5, 5.41) is 0.675. The molecular formula is C21H19ClF2N6O4S. The van der Waals surface area contributed by atoms with Crippen LogP contribution in [0.15, 0.2) is 35.6 Å². The average Bonchev–Trinajstić information content (AvgIpc) is 3.25. The Kier molecular flexibility index (Phi) is 6.72. The van der Waals surface area contributed by atoms with Crippen molar-refractivity contribution in [1.29, 1.82) is 0 Å². The molecule has 0 unspecified atom stereocenters. The summed E-state index contributed by atoms with van der Waals surface area (Å²) in [5.74, 6) is -0.883. The first-order valence-electron chi connectivity index (χ1n) is 10.0. The van der Waals surface area contributed by atoms with Gasteiger partial charge >= 0.3 is 0 Å². The van der Waals surface area contributed by atoms with Gasteiger partial charge in [-0.1, -0.05) is 11.6 Å². The van der Waals surface area contributed by atoms with Gasteiger partial charge in [0.05, 0.1) is 47.9 Å². The quantitative estimate of drug-likeness (QED) is 0.353. The fraction of sp³-hybridized carbons (Fsp3) is 0.238. The number of hydrogen-bond donors (Lipinski definition) is 2. The van der Waals surface area contributed by atoms with Crippen LogP contribution in [0.3, 0.4) is 0 Å². The number of anilines is 1. The molecule has 0 aliphatic rings. The molecule has 0 amide bonds. The number of aryl methyl sites for hydroxylation is 1. The van der Waals surface area contributed by atoms with Crippen LogP contribution in [0.2, 0.25) is 5.02 Å². The molecule has 2 N–H and O–H groups in total. The molecule has 35 heavy (non-hydrogen) atoms. The zero-order valence-electron chi connectivity index (χ0n) is 18.6. The SMILES string of the molecule is COc1nc(NS(=O)(=O)c2c[nH]c3c(-c4cnc(C)cn4)c(Cl)ccc23)nc(OC)c1CC(F)F. The lowest BCUT2D eigenvalue weighted by molar-refractivity contribution is 0.146. The Balaban J connectivity index is 1.77. The van der Waals surface area contributed by atoms with Crippen molar-refractivity contribution in [2.75, 3.05) is 18.9 Å². The molecule has 10 nitrogen and oxygen atoms in total. The van der Waals surface area contributed by atoms with Crippen molar-refractivity contribution < 1.29 is 26.7 Å². The molecular weight excluding hydrogens is 506 g/mol. The van der Waals surface area contributed by atoms with Crippen molar-refractivity contribution in [3.05, 3.63) is 47.0 Å². The number of aromatic amines is 1. The molecule has 0 saturated heterocycles. The van der Waals surface area contributed by atoms with Crippen LogP contribution in [0, 0.1) is 6.92 Å². The lowest BCUT2D eigenvalue weighted by Gasteiger charge is -2.14. The maximum absolute atomic E-state index is 13.2. The predicted octanol–water partition coefficient (Wildman–Crippen LogP) is 4.00. The van der Waals surface area contributed by atoms with Crippen LogP contribution in [0.5, 0.6) is 11.8 Å². The number of alkyl halides is 2. The highest BCUT2D eigenvalue weighted by Gasteiger charge is 2.26. The number of nitrogens with one attached hydrogen (secondary N) is 2. The number of halogens is 3. The topological polar surface area (TPSA) is 132 Å². The molecule has 4 rings (SSSR count). The van der Waals surface area contributed by atoms with Gasteiger partial charge in [0.25, 0.3) is 10.0 Å². The summed E-state index contributed by atoms with van der Waals surface area (Å²) in [5.41, 5.74) is 1.99. The largest absolute Gasteiger partial charge is 0.481 e. The number of ether oxygens (including phenoxy) is 2. The number of nitrogens with zero attached hydrogens (tertiary/aromatic N) is 4. The van der Waals surface area contributed by atoms with E-state index in [2.05, 4.69) is 29.6 Å². The molecule has 0 radical (unpaired) electrons. The Labute approximate surface area is 203 Å². The Morgan fingerprint density at radius 2 is 1.80 bits per heavy atom. The maximum Gasteiger partial charge on any atom is 0.266 e. The minimum absolute atomic E-state index is 0.0847. The van der Waals surface area contributed by atoms with Gasteiger partial charge in [-0.3, -0.25) is 9.97 Å². The summed E-state index contributed by atoms with van der Waals surface area (Å²) < 4.78 is 64.8. The molecule has 0 fully saturated rings. The normalized spacial score (nSPS) is 11.7. The third kappa shape index (κ3) is 4.82. The van der Waals surface area contributed by atoms with Gasteiger partial charge in [-0.2, -0.15) is 9.97 Å². The lowest BCUT2D eigenvalue weighted by Crippen LogP contribution is -2.16. The van der Waals surface area contributed by atoms with E-state index in [-0.39, 0.29) is 22.2 Å². The third-order valence-electron chi connectivity index (χ3n) is 5.00. The van der Waals surface area contributed by atoms with Crippen LogP contribution in [-0.2, 0) is 16.4 Å². The Hall–Kier alpha value is -3.58. The summed E-state index contributed by atoms with van der Waals surface area (Å²) in [4.78, 5) is 19.2. The van der Waals surface area contributed by atoms with Gasteiger partial charge in [0.1, 0.15) is 4.90 Å². The summed E-state index contributed by atoms with van der Waals surface area (Å²) in [7, 11) is -1.81. The second kappa shape index (κ2) is 9.58. The highest BCUT2D eigenvalue weighted by atomic mass is 35.5. The molecule has 0 spiro atoms. The number of aromatic nitrogens is 5. The van der Waals surface area contributed by atoms with Gasteiger partial charge < -0.3 is 14.5 Å². The molecule has 3 aromatic heterocycles. The molecule has 1 aromatic carbocycles. The zero-order valence-corrected chi connectivity index (χ0v) is 20.2. The molecule has 14 heteroatoms. The Bertz CT molecular complexity index is 1470. The summed E-state index contributed by atoms with van der Waals surface area (Å²) >= 11 is 6.39. The zero-order chi connectivity index (χ0) is 25.3. The molecule has 0 atom stereocenters. The van der Waals surface area contributed by atoms with Gasteiger partial charge in [0, 0.05) is 29.8 Å². The molecule has 184 valence electrons. The van der Waals surface area contributed by atoms with E-state index in [9.17, 15) is 17.2 Å². The second-order valence-corrected chi connectivity index (χ2v) is 9.34. The van der Waals surface area contributed by atoms with Crippen molar-refractivity contribution in [2.24, 2.45) is 0 Å². The highest BCUT2D eigenvalue weighted by Crippen LogP contribution is 2.37. The van der Waals surface area contributed by atoms with Crippen LogP contribution in [0.4, 0.5) is 14.7 Å². The van der Waals surface area contributed by atoms with Crippen molar-refractivity contribution in [2.45, 2.75) is 24.7 Å². The van der Waals surface area contributed by atoms with Crippen LogP contribution >= 0.6 is 11.6 Å². The molecule has 0 bridgehead atoms. The van der Waals surface area contributed by atoms with E-state index < -0.39 is 28.8 Å². The van der Waals surface area contributed by atoms with Crippen LogP contribution in [0.25, 0.3) is 22.2 Å². The number of hydrogen-bond acceptors (Lipinski definition) is 8. The number of benzene rings is 1. The fourth-order valence-electron chi connectivity index (χ4n) is 3.47. The summed E-state index contributed by atoms with van der Waals surface area (Å²) in [6.07, 6.45) is 0.954. The maximum atomic E-state index is 13.2. The monoisotopic (exact) mass is 524 g/mol. The molecule has 3 heterocycles.